The highest BCUT2D eigenvalue weighted by molar-refractivity contribution is 5.80. The fourth-order valence-electron chi connectivity index (χ4n) is 4.96. The van der Waals surface area contributed by atoms with Crippen molar-refractivity contribution in [1.29, 1.82) is 0 Å². The summed E-state index contributed by atoms with van der Waals surface area (Å²) >= 11 is 0. The molecule has 0 heterocycles. The summed E-state index contributed by atoms with van der Waals surface area (Å²) < 4.78 is 5.38. The smallest absolute Gasteiger partial charge is 0.119 e. The molecule has 6 rings (SSSR count). The summed E-state index contributed by atoms with van der Waals surface area (Å²) in [6.07, 6.45) is 0. The van der Waals surface area contributed by atoms with E-state index in [4.69, 9.17) is 4.74 Å². The van der Waals surface area contributed by atoms with Crippen molar-refractivity contribution in [2.45, 2.75) is 0 Å². The largest absolute Gasteiger partial charge is 0.497 e. The summed E-state index contributed by atoms with van der Waals surface area (Å²) in [7, 11) is 1.69. The van der Waals surface area contributed by atoms with Gasteiger partial charge in [-0.3, -0.25) is 0 Å². The SMILES string of the molecule is COc1ccc(N(c2ccccc2)c2ccc(-c3ccc(N(c4ccccc4)c4ccccc4)cc3)cc2)cc1. The van der Waals surface area contributed by atoms with Crippen LogP contribution in [0.25, 0.3) is 11.1 Å². The van der Waals surface area contributed by atoms with Crippen molar-refractivity contribution in [3.05, 3.63) is 164 Å². The van der Waals surface area contributed by atoms with E-state index in [0.717, 1.165) is 39.9 Å². The number of anilines is 6. The second-order valence-electron chi connectivity index (χ2n) is 9.47. The van der Waals surface area contributed by atoms with Crippen molar-refractivity contribution in [3.63, 3.8) is 0 Å². The quantitative estimate of drug-likeness (QED) is 0.199. The van der Waals surface area contributed by atoms with E-state index in [0.29, 0.717) is 0 Å². The Hall–Kier alpha value is -5.28. The van der Waals surface area contributed by atoms with Crippen LogP contribution in [0.1, 0.15) is 0 Å². The molecule has 3 nitrogen and oxygen atoms in total. The molecule has 40 heavy (non-hydrogen) atoms. The van der Waals surface area contributed by atoms with Crippen LogP contribution in [0.4, 0.5) is 34.1 Å². The van der Waals surface area contributed by atoms with Gasteiger partial charge in [-0.05, 0) is 96.1 Å². The van der Waals surface area contributed by atoms with Gasteiger partial charge in [0.1, 0.15) is 5.75 Å². The number of benzene rings is 6. The maximum Gasteiger partial charge on any atom is 0.119 e. The molecule has 194 valence electrons. The Morgan fingerprint density at radius 3 is 0.900 bits per heavy atom. The Labute approximate surface area is 236 Å². The van der Waals surface area contributed by atoms with E-state index in [1.165, 1.54) is 11.1 Å². The van der Waals surface area contributed by atoms with E-state index in [-0.39, 0.29) is 0 Å². The third-order valence-corrected chi connectivity index (χ3v) is 6.96. The van der Waals surface area contributed by atoms with Gasteiger partial charge in [-0.15, -0.1) is 0 Å². The third kappa shape index (κ3) is 5.31. The topological polar surface area (TPSA) is 15.7 Å². The molecule has 0 aliphatic rings. The number of hydrogen-bond donors (Lipinski definition) is 0. The van der Waals surface area contributed by atoms with Crippen LogP contribution >= 0.6 is 0 Å². The summed E-state index contributed by atoms with van der Waals surface area (Å²) in [5.74, 6) is 0.841. The van der Waals surface area contributed by atoms with Gasteiger partial charge in [-0.25, -0.2) is 0 Å². The lowest BCUT2D eigenvalue weighted by Gasteiger charge is -2.26. The number of methoxy groups -OCH3 is 1. The minimum atomic E-state index is 0.841. The Morgan fingerprint density at radius 2 is 0.600 bits per heavy atom. The second-order valence-corrected chi connectivity index (χ2v) is 9.47. The van der Waals surface area contributed by atoms with Gasteiger partial charge in [0.25, 0.3) is 0 Å². The third-order valence-electron chi connectivity index (χ3n) is 6.96. The van der Waals surface area contributed by atoms with Gasteiger partial charge in [0.15, 0.2) is 0 Å². The summed E-state index contributed by atoms with van der Waals surface area (Å²) in [6, 6.07) is 57.1. The fraction of sp³-hybridized carbons (Fsp3) is 0.0270. The van der Waals surface area contributed by atoms with Crippen LogP contribution in [-0.2, 0) is 0 Å². The molecule has 0 N–H and O–H groups in total. The lowest BCUT2D eigenvalue weighted by molar-refractivity contribution is 0.415. The van der Waals surface area contributed by atoms with Crippen molar-refractivity contribution >= 4 is 34.1 Å². The van der Waals surface area contributed by atoms with Crippen LogP contribution in [0.3, 0.4) is 0 Å². The molecule has 0 aromatic heterocycles. The number of para-hydroxylation sites is 3. The predicted molar refractivity (Wildman–Crippen MR) is 168 cm³/mol. The van der Waals surface area contributed by atoms with Gasteiger partial charge >= 0.3 is 0 Å². The molecule has 0 saturated carbocycles. The average Bonchev–Trinajstić information content (AvgIpc) is 3.04. The van der Waals surface area contributed by atoms with Gasteiger partial charge in [0.05, 0.1) is 7.11 Å². The van der Waals surface area contributed by atoms with Crippen LogP contribution < -0.4 is 14.5 Å². The van der Waals surface area contributed by atoms with Gasteiger partial charge < -0.3 is 14.5 Å². The molecule has 3 heteroatoms. The van der Waals surface area contributed by atoms with Crippen LogP contribution in [0.15, 0.2) is 164 Å². The van der Waals surface area contributed by atoms with Crippen molar-refractivity contribution in [2.24, 2.45) is 0 Å². The van der Waals surface area contributed by atoms with E-state index in [2.05, 4.69) is 143 Å². The lowest BCUT2D eigenvalue weighted by Crippen LogP contribution is -2.09. The number of hydrogen-bond acceptors (Lipinski definition) is 3. The molecule has 0 saturated heterocycles. The Kier molecular flexibility index (Phi) is 7.27. The molecular formula is C37H30N2O. The van der Waals surface area contributed by atoms with E-state index in [1.54, 1.807) is 7.11 Å². The minimum absolute atomic E-state index is 0.841. The second kappa shape index (κ2) is 11.6. The first kappa shape index (κ1) is 25.0. The molecular weight excluding hydrogens is 488 g/mol. The number of ether oxygens (including phenoxy) is 1. The van der Waals surface area contributed by atoms with Crippen molar-refractivity contribution in [2.75, 3.05) is 16.9 Å². The van der Waals surface area contributed by atoms with Crippen LogP contribution in [0, 0.1) is 0 Å². The number of rotatable bonds is 8. The highest BCUT2D eigenvalue weighted by atomic mass is 16.5. The average molecular weight is 519 g/mol. The first-order valence-electron chi connectivity index (χ1n) is 13.4. The molecule has 0 atom stereocenters. The zero-order valence-corrected chi connectivity index (χ0v) is 22.4. The maximum absolute atomic E-state index is 5.38. The van der Waals surface area contributed by atoms with Crippen molar-refractivity contribution in [3.8, 4) is 16.9 Å². The molecule has 0 unspecified atom stereocenters. The van der Waals surface area contributed by atoms with Gasteiger partial charge in [-0.1, -0.05) is 78.9 Å². The van der Waals surface area contributed by atoms with E-state index in [9.17, 15) is 0 Å². The molecule has 0 amide bonds. The molecule has 0 fully saturated rings. The molecule has 6 aromatic rings. The van der Waals surface area contributed by atoms with Crippen molar-refractivity contribution < 1.29 is 4.74 Å². The highest BCUT2D eigenvalue weighted by Gasteiger charge is 2.14. The summed E-state index contributed by atoms with van der Waals surface area (Å²) in [5, 5.41) is 0. The van der Waals surface area contributed by atoms with Crippen LogP contribution in [0.2, 0.25) is 0 Å². The zero-order valence-electron chi connectivity index (χ0n) is 22.4. The lowest BCUT2D eigenvalue weighted by atomic mass is 10.0. The van der Waals surface area contributed by atoms with Crippen LogP contribution in [0.5, 0.6) is 5.75 Å². The Bertz CT molecular complexity index is 1590. The van der Waals surface area contributed by atoms with E-state index < -0.39 is 0 Å². The monoisotopic (exact) mass is 518 g/mol. The summed E-state index contributed by atoms with van der Waals surface area (Å²) in [5.41, 5.74) is 8.99. The fourth-order valence-corrected chi connectivity index (χ4v) is 4.96. The first-order valence-corrected chi connectivity index (χ1v) is 13.4. The molecule has 0 bridgehead atoms. The first-order chi connectivity index (χ1) is 19.8. The van der Waals surface area contributed by atoms with Gasteiger partial charge in [0.2, 0.25) is 0 Å². The minimum Gasteiger partial charge on any atom is -0.497 e. The standard InChI is InChI=1S/C37H30N2O/c1-40-37-27-25-36(26-28-37)39(33-15-9-4-10-16-33)35-23-19-30(20-24-35)29-17-21-34(22-18-29)38(31-11-5-2-6-12-31)32-13-7-3-8-14-32/h2-28H,1H3. The summed E-state index contributed by atoms with van der Waals surface area (Å²) in [6.45, 7) is 0. The van der Waals surface area contributed by atoms with E-state index in [1.807, 2.05) is 30.3 Å². The highest BCUT2D eigenvalue weighted by Crippen LogP contribution is 2.38. The predicted octanol–water partition coefficient (Wildman–Crippen LogP) is 10.3. The molecule has 0 aliphatic heterocycles. The molecule has 6 aromatic carbocycles. The molecule has 0 aliphatic carbocycles. The van der Waals surface area contributed by atoms with E-state index >= 15 is 0 Å². The molecule has 0 spiro atoms. The van der Waals surface area contributed by atoms with Crippen molar-refractivity contribution in [1.82, 2.24) is 0 Å². The summed E-state index contributed by atoms with van der Waals surface area (Å²) in [4.78, 5) is 4.53. The number of nitrogens with zero attached hydrogens (tertiary/aromatic N) is 2. The van der Waals surface area contributed by atoms with Gasteiger partial charge in [-0.2, -0.15) is 0 Å². The van der Waals surface area contributed by atoms with Crippen LogP contribution in [-0.4, -0.2) is 7.11 Å². The maximum atomic E-state index is 5.38. The normalized spacial score (nSPS) is 10.6. The Balaban J connectivity index is 1.30. The van der Waals surface area contributed by atoms with Gasteiger partial charge in [0, 0.05) is 34.1 Å². The molecule has 0 radical (unpaired) electrons. The zero-order chi connectivity index (χ0) is 27.1. The Morgan fingerprint density at radius 1 is 0.325 bits per heavy atom.